The van der Waals surface area contributed by atoms with E-state index in [2.05, 4.69) is 4.74 Å². The number of Topliss-reactive ketones (excluding diaryl/α,β-unsaturated/α-hetero) is 1. The number of benzene rings is 1. The highest BCUT2D eigenvalue weighted by atomic mass is 16.5. The number of carbonyl (C=O) groups excluding carboxylic acids is 2. The van der Waals surface area contributed by atoms with E-state index in [0.717, 1.165) is 5.39 Å². The van der Waals surface area contributed by atoms with Crippen molar-refractivity contribution in [2.75, 3.05) is 7.11 Å². The van der Waals surface area contributed by atoms with Crippen molar-refractivity contribution in [3.8, 4) is 0 Å². The second kappa shape index (κ2) is 5.04. The van der Waals surface area contributed by atoms with Gasteiger partial charge in [-0.25, -0.2) is 0 Å². The molecule has 1 atom stereocenters. The lowest BCUT2D eigenvalue weighted by molar-refractivity contribution is -0.143. The monoisotopic (exact) mass is 246 g/mol. The molecule has 1 unspecified atom stereocenters. The molecule has 0 aliphatic rings. The average molecular weight is 246 g/mol. The largest absolute Gasteiger partial charge is 0.468 e. The maximum absolute atomic E-state index is 12.2. The smallest absolute Gasteiger partial charge is 0.316 e. The molecule has 0 N–H and O–H groups in total. The lowest BCUT2D eigenvalue weighted by Gasteiger charge is -2.08. The van der Waals surface area contributed by atoms with E-state index in [0.29, 0.717) is 12.0 Å². The molecule has 1 aromatic carbocycles. The number of ether oxygens (including phenoxy) is 1. The molecule has 0 aliphatic carbocycles. The summed E-state index contributed by atoms with van der Waals surface area (Å²) in [6, 6.07) is 8.99. The molecule has 0 bridgehead atoms. The average Bonchev–Trinajstić information content (AvgIpc) is 2.82. The molecule has 2 aromatic rings. The number of furan rings is 1. The van der Waals surface area contributed by atoms with Gasteiger partial charge >= 0.3 is 5.97 Å². The number of rotatable bonds is 4. The van der Waals surface area contributed by atoms with E-state index in [1.807, 2.05) is 18.2 Å². The lowest BCUT2D eigenvalue weighted by atomic mass is 9.99. The number of hydrogen-bond donors (Lipinski definition) is 0. The second-order valence-corrected chi connectivity index (χ2v) is 4.00. The molecule has 94 valence electrons. The summed E-state index contributed by atoms with van der Waals surface area (Å²) in [6.45, 7) is 1.77. The van der Waals surface area contributed by atoms with E-state index < -0.39 is 11.9 Å². The molecule has 4 nitrogen and oxygen atoms in total. The zero-order chi connectivity index (χ0) is 13.1. The van der Waals surface area contributed by atoms with Gasteiger partial charge in [-0.15, -0.1) is 0 Å². The Hall–Kier alpha value is -2.10. The van der Waals surface area contributed by atoms with Gasteiger partial charge in [0.15, 0.2) is 5.76 Å². The van der Waals surface area contributed by atoms with Crippen molar-refractivity contribution >= 4 is 22.7 Å². The van der Waals surface area contributed by atoms with Crippen LogP contribution in [0.5, 0.6) is 0 Å². The highest BCUT2D eigenvalue weighted by molar-refractivity contribution is 6.08. The fraction of sp³-hybridized carbons (Fsp3) is 0.286. The Labute approximate surface area is 105 Å². The quantitative estimate of drug-likeness (QED) is 0.473. The van der Waals surface area contributed by atoms with Crippen LogP contribution in [0, 0.1) is 5.92 Å². The van der Waals surface area contributed by atoms with Gasteiger partial charge in [0.2, 0.25) is 5.78 Å². The van der Waals surface area contributed by atoms with Crippen LogP contribution in [-0.2, 0) is 9.53 Å². The van der Waals surface area contributed by atoms with Gasteiger partial charge in [-0.3, -0.25) is 9.59 Å². The van der Waals surface area contributed by atoms with E-state index in [-0.39, 0.29) is 11.5 Å². The molecule has 0 amide bonds. The van der Waals surface area contributed by atoms with Gasteiger partial charge in [0.25, 0.3) is 0 Å². The van der Waals surface area contributed by atoms with Gasteiger partial charge in [-0.2, -0.15) is 0 Å². The van der Waals surface area contributed by atoms with Gasteiger partial charge in [0.1, 0.15) is 11.5 Å². The first-order valence-corrected chi connectivity index (χ1v) is 5.78. The fourth-order valence-corrected chi connectivity index (χ4v) is 1.88. The Balaban J connectivity index is 2.35. The Morgan fingerprint density at radius 3 is 2.67 bits per heavy atom. The number of ketones is 1. The maximum atomic E-state index is 12.2. The molecule has 1 heterocycles. The summed E-state index contributed by atoms with van der Waals surface area (Å²) in [4.78, 5) is 23.6. The predicted molar refractivity (Wildman–Crippen MR) is 66.3 cm³/mol. The van der Waals surface area contributed by atoms with Crippen LogP contribution in [0.2, 0.25) is 0 Å². The summed E-state index contributed by atoms with van der Waals surface area (Å²) in [5, 5.41) is 0.848. The van der Waals surface area contributed by atoms with Crippen LogP contribution in [0.1, 0.15) is 23.9 Å². The van der Waals surface area contributed by atoms with Crippen LogP contribution < -0.4 is 0 Å². The lowest BCUT2D eigenvalue weighted by Crippen LogP contribution is -2.24. The number of fused-ring (bicyclic) bond motifs is 1. The summed E-state index contributed by atoms with van der Waals surface area (Å²) in [5.74, 6) is -1.45. The van der Waals surface area contributed by atoms with Crippen LogP contribution in [0.4, 0.5) is 0 Å². The van der Waals surface area contributed by atoms with Crippen molar-refractivity contribution in [3.05, 3.63) is 36.1 Å². The van der Waals surface area contributed by atoms with Gasteiger partial charge in [0, 0.05) is 5.39 Å². The van der Waals surface area contributed by atoms with Gasteiger partial charge < -0.3 is 9.15 Å². The number of hydrogen-bond acceptors (Lipinski definition) is 4. The van der Waals surface area contributed by atoms with Crippen LogP contribution >= 0.6 is 0 Å². The minimum atomic E-state index is -0.796. The molecule has 0 spiro atoms. The molecule has 1 aromatic heterocycles. The van der Waals surface area contributed by atoms with E-state index in [4.69, 9.17) is 4.42 Å². The van der Waals surface area contributed by atoms with Crippen LogP contribution in [0.3, 0.4) is 0 Å². The van der Waals surface area contributed by atoms with Crippen molar-refractivity contribution in [1.29, 1.82) is 0 Å². The SMILES string of the molecule is CCC(C(=O)OC)C(=O)c1cc2ccccc2o1. The molecule has 0 aliphatic heterocycles. The van der Waals surface area contributed by atoms with Gasteiger partial charge in [-0.1, -0.05) is 25.1 Å². The fourth-order valence-electron chi connectivity index (χ4n) is 1.88. The summed E-state index contributed by atoms with van der Waals surface area (Å²) in [5.41, 5.74) is 0.639. The number of esters is 1. The van der Waals surface area contributed by atoms with Crippen molar-refractivity contribution in [2.45, 2.75) is 13.3 Å². The van der Waals surface area contributed by atoms with Gasteiger partial charge in [0.05, 0.1) is 7.11 Å². The zero-order valence-electron chi connectivity index (χ0n) is 10.3. The Bertz CT molecular complexity index is 549. The third-order valence-corrected chi connectivity index (χ3v) is 2.88. The summed E-state index contributed by atoms with van der Waals surface area (Å²) < 4.78 is 10.1. The predicted octanol–water partition coefficient (Wildman–Crippen LogP) is 2.81. The topological polar surface area (TPSA) is 56.5 Å². The second-order valence-electron chi connectivity index (χ2n) is 4.00. The normalized spacial score (nSPS) is 12.3. The molecule has 2 rings (SSSR count). The molecule has 4 heteroatoms. The van der Waals surface area contributed by atoms with Crippen LogP contribution in [-0.4, -0.2) is 18.9 Å². The van der Waals surface area contributed by atoms with E-state index in [1.165, 1.54) is 7.11 Å². The van der Waals surface area contributed by atoms with Crippen LogP contribution in [0.15, 0.2) is 34.7 Å². The third kappa shape index (κ3) is 2.14. The van der Waals surface area contributed by atoms with E-state index in [9.17, 15) is 9.59 Å². The summed E-state index contributed by atoms with van der Waals surface area (Å²) >= 11 is 0. The molecule has 0 saturated heterocycles. The van der Waals surface area contributed by atoms with Crippen LogP contribution in [0.25, 0.3) is 11.0 Å². The van der Waals surface area contributed by atoms with Crippen molar-refractivity contribution in [3.63, 3.8) is 0 Å². The highest BCUT2D eigenvalue weighted by Crippen LogP contribution is 2.22. The first-order chi connectivity index (χ1) is 8.67. The molecule has 0 saturated carbocycles. The summed E-state index contributed by atoms with van der Waals surface area (Å²) in [7, 11) is 1.27. The Kier molecular flexibility index (Phi) is 3.46. The van der Waals surface area contributed by atoms with Crippen molar-refractivity contribution in [2.24, 2.45) is 5.92 Å². The Morgan fingerprint density at radius 2 is 2.06 bits per heavy atom. The van der Waals surface area contributed by atoms with Crippen molar-refractivity contribution < 1.29 is 18.7 Å². The highest BCUT2D eigenvalue weighted by Gasteiger charge is 2.29. The molecular weight excluding hydrogens is 232 g/mol. The number of para-hydroxylation sites is 1. The first-order valence-electron chi connectivity index (χ1n) is 5.78. The van der Waals surface area contributed by atoms with Gasteiger partial charge in [-0.05, 0) is 18.6 Å². The maximum Gasteiger partial charge on any atom is 0.316 e. The Morgan fingerprint density at radius 1 is 1.33 bits per heavy atom. The minimum absolute atomic E-state index is 0.202. The molecule has 0 fully saturated rings. The third-order valence-electron chi connectivity index (χ3n) is 2.88. The first kappa shape index (κ1) is 12.4. The standard InChI is InChI=1S/C14H14O4/c1-3-10(14(16)17-2)13(15)12-8-9-6-4-5-7-11(9)18-12/h4-8,10H,3H2,1-2H3. The molecule has 0 radical (unpaired) electrons. The molecule has 18 heavy (non-hydrogen) atoms. The number of carbonyl (C=O) groups is 2. The number of methoxy groups -OCH3 is 1. The van der Waals surface area contributed by atoms with E-state index in [1.54, 1.807) is 19.1 Å². The van der Waals surface area contributed by atoms with Crippen molar-refractivity contribution in [1.82, 2.24) is 0 Å². The molecular formula is C14H14O4. The zero-order valence-corrected chi connectivity index (χ0v) is 10.3. The van der Waals surface area contributed by atoms with E-state index >= 15 is 0 Å². The summed E-state index contributed by atoms with van der Waals surface area (Å²) in [6.07, 6.45) is 0.391. The minimum Gasteiger partial charge on any atom is -0.468 e.